The summed E-state index contributed by atoms with van der Waals surface area (Å²) in [5.74, 6) is 0. The zero-order valence-corrected chi connectivity index (χ0v) is 7.43. The molecule has 0 aliphatic rings. The summed E-state index contributed by atoms with van der Waals surface area (Å²) >= 11 is 0. The Kier molecular flexibility index (Phi) is 6.98. The number of nitrogens with zero attached hydrogens (tertiary/aromatic N) is 2. The highest BCUT2D eigenvalue weighted by molar-refractivity contribution is 4.52. The molecule has 0 aromatic heterocycles. The fourth-order valence-corrected chi connectivity index (χ4v) is 0.992. The molecule has 61 valence electrons. The van der Waals surface area contributed by atoms with Gasteiger partial charge in [-0.25, -0.2) is 5.32 Å². The smallest absolute Gasteiger partial charge is 0.0142 e. The van der Waals surface area contributed by atoms with Crippen molar-refractivity contribution >= 4 is 0 Å². The first kappa shape index (κ1) is 9.92. The van der Waals surface area contributed by atoms with Crippen LogP contribution in [0.3, 0.4) is 0 Å². The van der Waals surface area contributed by atoms with Gasteiger partial charge in [0.1, 0.15) is 0 Å². The maximum atomic E-state index is 4.05. The van der Waals surface area contributed by atoms with Crippen molar-refractivity contribution in [3.8, 4) is 0 Å². The molecule has 0 aromatic rings. The monoisotopic (exact) mass is 143 g/mol. The Morgan fingerprint density at radius 1 is 1.20 bits per heavy atom. The minimum Gasteiger partial charge on any atom is -0.304 e. The van der Waals surface area contributed by atoms with Crippen LogP contribution in [0.2, 0.25) is 0 Å². The van der Waals surface area contributed by atoms with E-state index in [0.29, 0.717) is 0 Å². The Hall–Kier alpha value is -0.0800. The SMILES string of the molecule is CCN(CC)CCC[N]C. The molecule has 0 saturated carbocycles. The van der Waals surface area contributed by atoms with E-state index >= 15 is 0 Å². The summed E-state index contributed by atoms with van der Waals surface area (Å²) in [6, 6.07) is 0. The van der Waals surface area contributed by atoms with Gasteiger partial charge in [0, 0.05) is 13.6 Å². The van der Waals surface area contributed by atoms with E-state index in [0.717, 1.165) is 6.54 Å². The van der Waals surface area contributed by atoms with Gasteiger partial charge >= 0.3 is 0 Å². The molecule has 0 spiro atoms. The van der Waals surface area contributed by atoms with Gasteiger partial charge in [0.25, 0.3) is 0 Å². The van der Waals surface area contributed by atoms with E-state index in [1.165, 1.54) is 26.1 Å². The van der Waals surface area contributed by atoms with E-state index in [9.17, 15) is 0 Å². The molecule has 0 rings (SSSR count). The van der Waals surface area contributed by atoms with Crippen LogP contribution in [-0.4, -0.2) is 38.1 Å². The Labute approximate surface area is 64.6 Å². The quantitative estimate of drug-likeness (QED) is 0.506. The molecule has 0 amide bonds. The molecule has 0 N–H and O–H groups in total. The third-order valence-corrected chi connectivity index (χ3v) is 1.75. The first-order valence-corrected chi connectivity index (χ1v) is 4.13. The van der Waals surface area contributed by atoms with Crippen LogP contribution in [0, 0.1) is 0 Å². The normalized spacial score (nSPS) is 10.8. The zero-order chi connectivity index (χ0) is 7.82. The van der Waals surface area contributed by atoms with E-state index < -0.39 is 0 Å². The average molecular weight is 143 g/mol. The lowest BCUT2D eigenvalue weighted by atomic mass is 10.4. The first-order chi connectivity index (χ1) is 4.85. The second-order valence-electron chi connectivity index (χ2n) is 2.42. The number of hydrogen-bond donors (Lipinski definition) is 0. The van der Waals surface area contributed by atoms with Gasteiger partial charge in [0.2, 0.25) is 0 Å². The number of hydrogen-bond acceptors (Lipinski definition) is 1. The van der Waals surface area contributed by atoms with Crippen LogP contribution in [0.25, 0.3) is 0 Å². The lowest BCUT2D eigenvalue weighted by Crippen LogP contribution is -2.25. The molecule has 2 heteroatoms. The third-order valence-electron chi connectivity index (χ3n) is 1.75. The van der Waals surface area contributed by atoms with Crippen molar-refractivity contribution in [1.29, 1.82) is 0 Å². The Balaban J connectivity index is 3.09. The number of rotatable bonds is 6. The third kappa shape index (κ3) is 4.77. The summed E-state index contributed by atoms with van der Waals surface area (Å²) in [5.41, 5.74) is 0. The van der Waals surface area contributed by atoms with Gasteiger partial charge in [-0.2, -0.15) is 0 Å². The van der Waals surface area contributed by atoms with Crippen molar-refractivity contribution in [2.24, 2.45) is 0 Å². The van der Waals surface area contributed by atoms with Crippen LogP contribution in [0.1, 0.15) is 20.3 Å². The maximum Gasteiger partial charge on any atom is 0.0142 e. The summed E-state index contributed by atoms with van der Waals surface area (Å²) < 4.78 is 0. The standard InChI is InChI=1S/C8H19N2/c1-4-10(5-2)8-6-7-9-3/h4-8H2,1-3H3. The predicted octanol–water partition coefficient (Wildman–Crippen LogP) is 0.952. The predicted molar refractivity (Wildman–Crippen MR) is 45.3 cm³/mol. The van der Waals surface area contributed by atoms with E-state index in [-0.39, 0.29) is 0 Å². The molecule has 0 aliphatic carbocycles. The molecule has 0 saturated heterocycles. The van der Waals surface area contributed by atoms with Gasteiger partial charge in [0.05, 0.1) is 0 Å². The summed E-state index contributed by atoms with van der Waals surface area (Å²) in [7, 11) is 1.88. The van der Waals surface area contributed by atoms with Gasteiger partial charge in [-0.3, -0.25) is 0 Å². The highest BCUT2D eigenvalue weighted by Gasteiger charge is 1.96. The second kappa shape index (κ2) is 7.03. The Morgan fingerprint density at radius 2 is 1.80 bits per heavy atom. The van der Waals surface area contributed by atoms with Gasteiger partial charge in [-0.1, -0.05) is 13.8 Å². The Morgan fingerprint density at radius 3 is 2.20 bits per heavy atom. The highest BCUT2D eigenvalue weighted by atomic mass is 15.1. The molecule has 2 nitrogen and oxygen atoms in total. The molecular weight excluding hydrogens is 124 g/mol. The molecule has 0 fully saturated rings. The van der Waals surface area contributed by atoms with Crippen LogP contribution in [0.5, 0.6) is 0 Å². The molecule has 0 aromatic carbocycles. The van der Waals surface area contributed by atoms with Crippen LogP contribution < -0.4 is 5.32 Å². The summed E-state index contributed by atoms with van der Waals surface area (Å²) in [6.07, 6.45) is 1.21. The van der Waals surface area contributed by atoms with E-state index in [2.05, 4.69) is 24.1 Å². The topological polar surface area (TPSA) is 17.3 Å². The average Bonchev–Trinajstić information content (AvgIpc) is 1.99. The van der Waals surface area contributed by atoms with Crippen molar-refractivity contribution in [2.75, 3.05) is 33.2 Å². The van der Waals surface area contributed by atoms with Gasteiger partial charge in [-0.05, 0) is 26.1 Å². The van der Waals surface area contributed by atoms with E-state index in [1.54, 1.807) is 0 Å². The fraction of sp³-hybridized carbons (Fsp3) is 1.00. The van der Waals surface area contributed by atoms with Gasteiger partial charge < -0.3 is 4.90 Å². The molecule has 0 unspecified atom stereocenters. The lowest BCUT2D eigenvalue weighted by molar-refractivity contribution is 0.299. The van der Waals surface area contributed by atoms with Crippen molar-refractivity contribution in [3.63, 3.8) is 0 Å². The minimum absolute atomic E-state index is 1.01. The zero-order valence-electron chi connectivity index (χ0n) is 7.43. The lowest BCUT2D eigenvalue weighted by Gasteiger charge is -2.16. The maximum absolute atomic E-state index is 4.05. The molecule has 10 heavy (non-hydrogen) atoms. The fourth-order valence-electron chi connectivity index (χ4n) is 0.992. The summed E-state index contributed by atoms with van der Waals surface area (Å²) in [4.78, 5) is 2.42. The second-order valence-corrected chi connectivity index (χ2v) is 2.42. The van der Waals surface area contributed by atoms with Crippen molar-refractivity contribution in [3.05, 3.63) is 0 Å². The molecular formula is C8H19N2. The summed E-state index contributed by atoms with van der Waals surface area (Å²) in [5, 5.41) is 4.05. The largest absolute Gasteiger partial charge is 0.304 e. The highest BCUT2D eigenvalue weighted by Crippen LogP contribution is 1.88. The van der Waals surface area contributed by atoms with Crippen LogP contribution >= 0.6 is 0 Å². The van der Waals surface area contributed by atoms with Crippen LogP contribution in [-0.2, 0) is 0 Å². The van der Waals surface area contributed by atoms with Gasteiger partial charge in [-0.15, -0.1) is 0 Å². The first-order valence-electron chi connectivity index (χ1n) is 4.13. The summed E-state index contributed by atoms with van der Waals surface area (Å²) in [6.45, 7) is 8.94. The van der Waals surface area contributed by atoms with Crippen molar-refractivity contribution in [2.45, 2.75) is 20.3 Å². The van der Waals surface area contributed by atoms with Crippen molar-refractivity contribution < 1.29 is 0 Å². The molecule has 0 aliphatic heterocycles. The molecule has 0 atom stereocenters. The van der Waals surface area contributed by atoms with E-state index in [4.69, 9.17) is 0 Å². The molecule has 0 bridgehead atoms. The molecule has 1 radical (unpaired) electrons. The Bertz CT molecular complexity index is 60.3. The minimum atomic E-state index is 1.01. The molecule has 0 heterocycles. The van der Waals surface area contributed by atoms with Gasteiger partial charge in [0.15, 0.2) is 0 Å². The van der Waals surface area contributed by atoms with Crippen LogP contribution in [0.4, 0.5) is 0 Å². The van der Waals surface area contributed by atoms with Crippen LogP contribution in [0.15, 0.2) is 0 Å². The van der Waals surface area contributed by atoms with Crippen molar-refractivity contribution in [1.82, 2.24) is 10.2 Å². The van der Waals surface area contributed by atoms with E-state index in [1.807, 2.05) is 7.05 Å².